The van der Waals surface area contributed by atoms with E-state index >= 15 is 0 Å². The van der Waals surface area contributed by atoms with Crippen LogP contribution in [0.25, 0.3) is 0 Å². The second-order valence-electron chi connectivity index (χ2n) is 5.51. The molecule has 2 N–H and O–H groups in total. The maximum atomic E-state index is 12.3. The molecule has 2 rings (SSSR count). The number of carbonyl (C=O) groups excluding carboxylic acids is 2. The number of benzene rings is 1. The van der Waals surface area contributed by atoms with Crippen molar-refractivity contribution in [3.63, 3.8) is 0 Å². The fraction of sp³-hybridized carbons (Fsp3) is 0.294. The van der Waals surface area contributed by atoms with Gasteiger partial charge in [0.05, 0.1) is 6.54 Å². The number of hydrogen-bond acceptors (Lipinski definition) is 6. The van der Waals surface area contributed by atoms with Crippen molar-refractivity contribution in [1.29, 1.82) is 0 Å². The van der Waals surface area contributed by atoms with Crippen molar-refractivity contribution in [3.05, 3.63) is 41.8 Å². The Balaban J connectivity index is 1.87. The molecule has 1 aromatic heterocycles. The average Bonchev–Trinajstić information content (AvgIpc) is 3.16. The van der Waals surface area contributed by atoms with Gasteiger partial charge in [0.1, 0.15) is 9.96 Å². The highest BCUT2D eigenvalue weighted by Crippen LogP contribution is 2.20. The molecule has 8 nitrogen and oxygen atoms in total. The third-order valence-corrected chi connectivity index (χ3v) is 6.58. The van der Waals surface area contributed by atoms with Crippen LogP contribution >= 0.6 is 11.3 Å². The molecule has 0 bridgehead atoms. The maximum absolute atomic E-state index is 12.3. The molecular weight excluding hydrogens is 390 g/mol. The van der Waals surface area contributed by atoms with E-state index in [4.69, 9.17) is 4.74 Å². The first-order valence-corrected chi connectivity index (χ1v) is 10.4. The lowest BCUT2D eigenvalue weighted by molar-refractivity contribution is -0.123. The molecule has 27 heavy (non-hydrogen) atoms. The number of nitrogens with zero attached hydrogens (tertiary/aromatic N) is 1. The van der Waals surface area contributed by atoms with E-state index in [-0.39, 0.29) is 23.3 Å². The lowest BCUT2D eigenvalue weighted by Gasteiger charge is -2.15. The van der Waals surface area contributed by atoms with Gasteiger partial charge in [-0.25, -0.2) is 8.42 Å². The second-order valence-corrected chi connectivity index (χ2v) is 8.73. The lowest BCUT2D eigenvalue weighted by atomic mass is 10.3. The molecule has 0 aliphatic rings. The van der Waals surface area contributed by atoms with E-state index in [9.17, 15) is 18.0 Å². The van der Waals surface area contributed by atoms with Crippen molar-refractivity contribution < 1.29 is 22.7 Å². The van der Waals surface area contributed by atoms with Crippen molar-refractivity contribution in [1.82, 2.24) is 9.62 Å². The first-order chi connectivity index (χ1) is 12.8. The van der Waals surface area contributed by atoms with Gasteiger partial charge in [0, 0.05) is 19.3 Å². The highest BCUT2D eigenvalue weighted by molar-refractivity contribution is 7.91. The Kier molecular flexibility index (Phi) is 7.34. The average molecular weight is 412 g/mol. The van der Waals surface area contributed by atoms with Crippen LogP contribution in [0.4, 0.5) is 5.69 Å². The van der Waals surface area contributed by atoms with E-state index in [1.807, 2.05) is 6.92 Å². The molecule has 2 amide bonds. The van der Waals surface area contributed by atoms with Crippen molar-refractivity contribution in [3.8, 4) is 5.75 Å². The molecule has 10 heteroatoms. The van der Waals surface area contributed by atoms with Crippen LogP contribution in [-0.4, -0.2) is 51.3 Å². The molecule has 1 heterocycles. The Morgan fingerprint density at radius 3 is 2.44 bits per heavy atom. The summed E-state index contributed by atoms with van der Waals surface area (Å²) >= 11 is 1.10. The molecule has 0 saturated heterocycles. The molecule has 1 aromatic carbocycles. The van der Waals surface area contributed by atoms with Crippen molar-refractivity contribution in [2.75, 3.05) is 32.1 Å². The molecule has 0 saturated carbocycles. The zero-order chi connectivity index (χ0) is 19.9. The molecule has 0 atom stereocenters. The summed E-state index contributed by atoms with van der Waals surface area (Å²) in [6.45, 7) is 1.95. The van der Waals surface area contributed by atoms with Gasteiger partial charge < -0.3 is 15.4 Å². The van der Waals surface area contributed by atoms with Gasteiger partial charge in [0.2, 0.25) is 5.91 Å². The van der Waals surface area contributed by atoms with Crippen LogP contribution in [0.15, 0.2) is 46.0 Å². The molecule has 0 unspecified atom stereocenters. The topological polar surface area (TPSA) is 105 Å². The number of amides is 2. The van der Waals surface area contributed by atoms with Crippen molar-refractivity contribution >= 4 is 38.9 Å². The van der Waals surface area contributed by atoms with E-state index in [0.29, 0.717) is 18.0 Å². The van der Waals surface area contributed by atoms with Crippen molar-refractivity contribution in [2.45, 2.75) is 11.1 Å². The van der Waals surface area contributed by atoms with Crippen LogP contribution in [0.1, 0.15) is 6.92 Å². The van der Waals surface area contributed by atoms with E-state index < -0.39 is 15.9 Å². The molecule has 0 aliphatic heterocycles. The number of nitrogens with one attached hydrogen (secondary N) is 2. The number of likely N-dealkylation sites (N-methyl/N-ethyl adjacent to an activating group) is 2. The van der Waals surface area contributed by atoms with Gasteiger partial charge in [-0.2, -0.15) is 4.31 Å². The SMILES string of the molecule is CCNC(=O)COc1ccc(NC(=O)CN(C)S(=O)(=O)c2cccs2)cc1. The Morgan fingerprint density at radius 2 is 1.85 bits per heavy atom. The minimum Gasteiger partial charge on any atom is -0.484 e. The summed E-state index contributed by atoms with van der Waals surface area (Å²) in [7, 11) is -2.32. The minimum absolute atomic E-state index is 0.0923. The first kappa shape index (κ1) is 20.9. The van der Waals surface area contributed by atoms with E-state index in [2.05, 4.69) is 10.6 Å². The number of carbonyl (C=O) groups is 2. The van der Waals surface area contributed by atoms with Crippen molar-refractivity contribution in [2.24, 2.45) is 0 Å². The summed E-state index contributed by atoms with van der Waals surface area (Å²) in [6.07, 6.45) is 0. The Labute approximate surface area is 162 Å². The molecule has 0 aliphatic carbocycles. The first-order valence-electron chi connectivity index (χ1n) is 8.12. The Hall–Kier alpha value is -2.43. The van der Waals surface area contributed by atoms with Crippen LogP contribution in [-0.2, 0) is 19.6 Å². The van der Waals surface area contributed by atoms with Gasteiger partial charge in [0.25, 0.3) is 15.9 Å². The molecular formula is C17H21N3O5S2. The van der Waals surface area contributed by atoms with Crippen LogP contribution < -0.4 is 15.4 Å². The fourth-order valence-electron chi connectivity index (χ4n) is 2.08. The largest absolute Gasteiger partial charge is 0.484 e. The Morgan fingerprint density at radius 1 is 1.15 bits per heavy atom. The number of hydrogen-bond donors (Lipinski definition) is 2. The summed E-state index contributed by atoms with van der Waals surface area (Å²) in [5.41, 5.74) is 0.493. The number of rotatable bonds is 9. The second kappa shape index (κ2) is 9.49. The summed E-state index contributed by atoms with van der Waals surface area (Å²) in [5.74, 6) is -0.199. The maximum Gasteiger partial charge on any atom is 0.257 e. The fourth-order valence-corrected chi connectivity index (χ4v) is 4.41. The zero-order valence-corrected chi connectivity index (χ0v) is 16.6. The number of anilines is 1. The quantitative estimate of drug-likeness (QED) is 0.651. The van der Waals surface area contributed by atoms with Gasteiger partial charge in [0.15, 0.2) is 6.61 Å². The monoisotopic (exact) mass is 411 g/mol. The predicted octanol–water partition coefficient (Wildman–Crippen LogP) is 1.52. The predicted molar refractivity (Wildman–Crippen MR) is 103 cm³/mol. The number of sulfonamides is 1. The molecule has 0 fully saturated rings. The van der Waals surface area contributed by atoms with Gasteiger partial charge >= 0.3 is 0 Å². The van der Waals surface area contributed by atoms with E-state index in [0.717, 1.165) is 15.6 Å². The van der Waals surface area contributed by atoms with E-state index in [1.165, 1.54) is 13.1 Å². The molecule has 2 aromatic rings. The minimum atomic E-state index is -3.68. The molecule has 0 spiro atoms. The number of ether oxygens (including phenoxy) is 1. The Bertz CT molecular complexity index is 864. The van der Waals surface area contributed by atoms with Gasteiger partial charge in [-0.15, -0.1) is 11.3 Å². The zero-order valence-electron chi connectivity index (χ0n) is 15.0. The smallest absolute Gasteiger partial charge is 0.257 e. The highest BCUT2D eigenvalue weighted by Gasteiger charge is 2.23. The normalized spacial score (nSPS) is 11.2. The van der Waals surface area contributed by atoms with Gasteiger partial charge in [-0.3, -0.25) is 9.59 Å². The van der Waals surface area contributed by atoms with Gasteiger partial charge in [-0.05, 0) is 42.6 Å². The lowest BCUT2D eigenvalue weighted by Crippen LogP contribution is -2.34. The molecule has 146 valence electrons. The summed E-state index contributed by atoms with van der Waals surface area (Å²) < 4.78 is 31.1. The molecule has 0 radical (unpaired) electrons. The van der Waals surface area contributed by atoms with Crippen LogP contribution in [0.3, 0.4) is 0 Å². The summed E-state index contributed by atoms with van der Waals surface area (Å²) in [6, 6.07) is 9.58. The van der Waals surface area contributed by atoms with Crippen LogP contribution in [0.2, 0.25) is 0 Å². The summed E-state index contributed by atoms with van der Waals surface area (Å²) in [4.78, 5) is 23.5. The summed E-state index contributed by atoms with van der Waals surface area (Å²) in [5, 5.41) is 6.91. The third-order valence-electron chi connectivity index (χ3n) is 3.41. The highest BCUT2D eigenvalue weighted by atomic mass is 32.2. The van der Waals surface area contributed by atoms with Crippen LogP contribution in [0, 0.1) is 0 Å². The van der Waals surface area contributed by atoms with Crippen LogP contribution in [0.5, 0.6) is 5.75 Å². The van der Waals surface area contributed by atoms with E-state index in [1.54, 1.807) is 35.7 Å². The third kappa shape index (κ3) is 6.05. The number of thiophene rings is 1. The van der Waals surface area contributed by atoms with Gasteiger partial charge in [-0.1, -0.05) is 6.07 Å². The standard InChI is InChI=1S/C17H21N3O5S2/c1-3-18-16(22)12-25-14-8-6-13(7-9-14)19-15(21)11-20(2)27(23,24)17-5-4-10-26-17/h4-10H,3,11-12H2,1-2H3,(H,18,22)(H,19,21).